The summed E-state index contributed by atoms with van der Waals surface area (Å²) >= 11 is 0. The average molecular weight is 492 g/mol. The van der Waals surface area contributed by atoms with Crippen LogP contribution >= 0.6 is 0 Å². The van der Waals surface area contributed by atoms with Gasteiger partial charge in [0.15, 0.2) is 11.6 Å². The molecule has 0 heterocycles. The number of methoxy groups -OCH3 is 2. The third-order valence-corrected chi connectivity index (χ3v) is 6.09. The Kier molecular flexibility index (Phi) is 8.19. The topological polar surface area (TPSA) is 82.1 Å². The Morgan fingerprint density at radius 3 is 2.38 bits per heavy atom. The third kappa shape index (κ3) is 6.09. The summed E-state index contributed by atoms with van der Waals surface area (Å²) in [6.07, 6.45) is 0. The quantitative estimate of drug-likeness (QED) is 0.399. The van der Waals surface area contributed by atoms with E-state index in [1.165, 1.54) is 61.6 Å². The first-order valence-electron chi connectivity index (χ1n) is 10.1. The van der Waals surface area contributed by atoms with Crippen LogP contribution in [0.1, 0.15) is 15.9 Å². The van der Waals surface area contributed by atoms with Crippen molar-refractivity contribution in [1.29, 1.82) is 0 Å². The monoisotopic (exact) mass is 491 g/mol. The van der Waals surface area contributed by atoms with Crippen molar-refractivity contribution in [2.24, 2.45) is 0 Å². The van der Waals surface area contributed by atoms with Gasteiger partial charge >= 0.3 is 10.1 Å². The number of hydrogen-bond acceptors (Lipinski definition) is 6. The van der Waals surface area contributed by atoms with Crippen molar-refractivity contribution in [3.05, 3.63) is 89.5 Å². The lowest BCUT2D eigenvalue weighted by atomic mass is 10.1. The Bertz CT molecular complexity index is 1270. The summed E-state index contributed by atoms with van der Waals surface area (Å²) in [6.45, 7) is 0.441. The SMILES string of the molecule is COCCN(Cc1cccc(OS(=O)(=O)c2ccc(OC)c(F)c2)c1)C(=O)c1ccccc1F. The fraction of sp³-hybridized carbons (Fsp3) is 0.208. The van der Waals surface area contributed by atoms with Gasteiger partial charge in [-0.2, -0.15) is 8.42 Å². The Balaban J connectivity index is 1.82. The zero-order valence-electron chi connectivity index (χ0n) is 18.5. The summed E-state index contributed by atoms with van der Waals surface area (Å²) in [5.41, 5.74) is 0.449. The zero-order valence-corrected chi connectivity index (χ0v) is 19.3. The maximum absolute atomic E-state index is 14.1. The summed E-state index contributed by atoms with van der Waals surface area (Å²) in [5.74, 6) is -2.16. The van der Waals surface area contributed by atoms with Gasteiger partial charge in [0.2, 0.25) is 0 Å². The van der Waals surface area contributed by atoms with Crippen molar-refractivity contribution < 1.29 is 35.6 Å². The molecule has 0 unspecified atom stereocenters. The van der Waals surface area contributed by atoms with Crippen LogP contribution < -0.4 is 8.92 Å². The average Bonchev–Trinajstić information content (AvgIpc) is 2.81. The molecule has 0 saturated heterocycles. The number of rotatable bonds is 10. The molecular weight excluding hydrogens is 468 g/mol. The predicted molar refractivity (Wildman–Crippen MR) is 120 cm³/mol. The largest absolute Gasteiger partial charge is 0.494 e. The predicted octanol–water partition coefficient (Wildman–Crippen LogP) is 4.03. The van der Waals surface area contributed by atoms with Crippen LogP contribution in [-0.2, 0) is 21.4 Å². The molecule has 0 atom stereocenters. The van der Waals surface area contributed by atoms with Gasteiger partial charge in [0, 0.05) is 20.2 Å². The van der Waals surface area contributed by atoms with Crippen molar-refractivity contribution >= 4 is 16.0 Å². The van der Waals surface area contributed by atoms with Crippen molar-refractivity contribution in [3.63, 3.8) is 0 Å². The maximum atomic E-state index is 14.1. The van der Waals surface area contributed by atoms with Gasteiger partial charge in [0.1, 0.15) is 16.5 Å². The molecule has 0 radical (unpaired) electrons. The third-order valence-electron chi connectivity index (χ3n) is 4.85. The first-order valence-corrected chi connectivity index (χ1v) is 11.6. The van der Waals surface area contributed by atoms with Gasteiger partial charge in [-0.3, -0.25) is 4.79 Å². The van der Waals surface area contributed by atoms with Crippen molar-refractivity contribution in [2.75, 3.05) is 27.4 Å². The summed E-state index contributed by atoms with van der Waals surface area (Å²) in [6, 6.07) is 14.9. The van der Waals surface area contributed by atoms with E-state index < -0.39 is 27.7 Å². The highest BCUT2D eigenvalue weighted by Crippen LogP contribution is 2.25. The number of carbonyl (C=O) groups is 1. The zero-order chi connectivity index (χ0) is 24.7. The van der Waals surface area contributed by atoms with Gasteiger partial charge in [0.05, 0.1) is 19.3 Å². The van der Waals surface area contributed by atoms with Crippen molar-refractivity contribution in [1.82, 2.24) is 4.90 Å². The van der Waals surface area contributed by atoms with E-state index >= 15 is 0 Å². The van der Waals surface area contributed by atoms with Crippen LogP contribution in [0, 0.1) is 11.6 Å². The van der Waals surface area contributed by atoms with E-state index in [9.17, 15) is 22.0 Å². The van der Waals surface area contributed by atoms with E-state index in [0.29, 0.717) is 5.56 Å². The van der Waals surface area contributed by atoms with E-state index in [-0.39, 0.29) is 41.7 Å². The normalized spacial score (nSPS) is 11.2. The summed E-state index contributed by atoms with van der Waals surface area (Å²) in [4.78, 5) is 13.9. The lowest BCUT2D eigenvalue weighted by molar-refractivity contribution is 0.0675. The molecule has 0 N–H and O–H groups in total. The summed E-state index contributed by atoms with van der Waals surface area (Å²) in [7, 11) is -1.59. The van der Waals surface area contributed by atoms with Gasteiger partial charge in [-0.25, -0.2) is 8.78 Å². The molecule has 7 nitrogen and oxygen atoms in total. The molecule has 0 aromatic heterocycles. The van der Waals surface area contributed by atoms with E-state index in [0.717, 1.165) is 6.07 Å². The van der Waals surface area contributed by atoms with Crippen LogP contribution in [0.2, 0.25) is 0 Å². The van der Waals surface area contributed by atoms with Gasteiger partial charge in [0.25, 0.3) is 5.91 Å². The van der Waals surface area contributed by atoms with Crippen LogP contribution in [0.5, 0.6) is 11.5 Å². The Labute approximate surface area is 196 Å². The molecule has 10 heteroatoms. The van der Waals surface area contributed by atoms with Crippen LogP contribution in [0.4, 0.5) is 8.78 Å². The molecule has 3 aromatic rings. The molecule has 0 bridgehead atoms. The molecule has 0 fully saturated rings. The van der Waals surface area contributed by atoms with E-state index in [1.54, 1.807) is 18.2 Å². The first-order chi connectivity index (χ1) is 16.2. The number of ether oxygens (including phenoxy) is 2. The van der Waals surface area contributed by atoms with Gasteiger partial charge in [-0.05, 0) is 48.0 Å². The molecule has 180 valence electrons. The molecular formula is C24H23F2NO6S. The van der Waals surface area contributed by atoms with Crippen LogP contribution in [0.15, 0.2) is 71.6 Å². The smallest absolute Gasteiger partial charge is 0.339 e. The van der Waals surface area contributed by atoms with E-state index in [1.807, 2.05) is 0 Å². The number of benzene rings is 3. The number of carbonyl (C=O) groups excluding carboxylic acids is 1. The van der Waals surface area contributed by atoms with Crippen LogP contribution in [0.3, 0.4) is 0 Å². The highest BCUT2D eigenvalue weighted by Gasteiger charge is 2.21. The summed E-state index contributed by atoms with van der Waals surface area (Å²) in [5, 5.41) is 0. The maximum Gasteiger partial charge on any atom is 0.339 e. The number of nitrogens with zero attached hydrogens (tertiary/aromatic N) is 1. The Morgan fingerprint density at radius 1 is 0.941 bits per heavy atom. The standard InChI is InChI=1S/C24H23F2NO6S/c1-31-13-12-27(24(28)20-8-3-4-9-21(20)25)16-17-6-5-7-18(14-17)33-34(29,30)19-10-11-23(32-2)22(26)15-19/h3-11,14-15H,12-13,16H2,1-2H3. The molecule has 3 aromatic carbocycles. The van der Waals surface area contributed by atoms with Crippen molar-refractivity contribution in [2.45, 2.75) is 11.4 Å². The second kappa shape index (κ2) is 11.1. The highest BCUT2D eigenvalue weighted by molar-refractivity contribution is 7.87. The molecule has 0 spiro atoms. The Morgan fingerprint density at radius 2 is 1.71 bits per heavy atom. The second-order valence-electron chi connectivity index (χ2n) is 7.18. The molecule has 3 rings (SSSR count). The van der Waals surface area contributed by atoms with Crippen LogP contribution in [0.25, 0.3) is 0 Å². The minimum absolute atomic E-state index is 0.0289. The van der Waals surface area contributed by atoms with Crippen LogP contribution in [-0.4, -0.2) is 46.6 Å². The lowest BCUT2D eigenvalue weighted by Crippen LogP contribution is -2.34. The fourth-order valence-corrected chi connectivity index (χ4v) is 4.09. The fourth-order valence-electron chi connectivity index (χ4n) is 3.15. The molecule has 0 aliphatic heterocycles. The Hall–Kier alpha value is -3.50. The minimum atomic E-state index is -4.33. The molecule has 0 saturated carbocycles. The van der Waals surface area contributed by atoms with Crippen molar-refractivity contribution in [3.8, 4) is 11.5 Å². The first kappa shape index (κ1) is 25.1. The second-order valence-corrected chi connectivity index (χ2v) is 8.73. The number of amides is 1. The molecule has 34 heavy (non-hydrogen) atoms. The van der Waals surface area contributed by atoms with Gasteiger partial charge in [-0.15, -0.1) is 0 Å². The number of halogens is 2. The molecule has 0 aliphatic rings. The minimum Gasteiger partial charge on any atom is -0.494 e. The van der Waals surface area contributed by atoms with Gasteiger partial charge < -0.3 is 18.6 Å². The van der Waals surface area contributed by atoms with E-state index in [4.69, 9.17) is 13.7 Å². The van der Waals surface area contributed by atoms with Gasteiger partial charge in [-0.1, -0.05) is 24.3 Å². The number of hydrogen-bond donors (Lipinski definition) is 0. The summed E-state index contributed by atoms with van der Waals surface area (Å²) < 4.78 is 68.3. The molecule has 1 amide bonds. The lowest BCUT2D eigenvalue weighted by Gasteiger charge is -2.23. The van der Waals surface area contributed by atoms with E-state index in [2.05, 4.69) is 0 Å². The highest BCUT2D eigenvalue weighted by atomic mass is 32.2. The molecule has 0 aliphatic carbocycles.